The molecule has 3 heteroatoms. The zero-order valence-corrected chi connectivity index (χ0v) is 8.17. The number of anilines is 1. The highest BCUT2D eigenvalue weighted by atomic mass is 16.3. The second-order valence-corrected chi connectivity index (χ2v) is 3.03. The number of hydrogen-bond donors (Lipinski definition) is 2. The number of nitrogens with zero attached hydrogens (tertiary/aromatic N) is 1. The van der Waals surface area contributed by atoms with Crippen molar-refractivity contribution in [3.8, 4) is 0 Å². The van der Waals surface area contributed by atoms with Gasteiger partial charge in [-0.25, -0.2) is 4.98 Å². The Hall–Kier alpha value is -1.09. The fraction of sp³-hybridized carbons (Fsp3) is 0.500. The lowest BCUT2D eigenvalue weighted by atomic mass is 10.2. The van der Waals surface area contributed by atoms with E-state index < -0.39 is 0 Å². The second kappa shape index (κ2) is 4.82. The molecule has 0 fully saturated rings. The maximum absolute atomic E-state index is 8.92. The second-order valence-electron chi connectivity index (χ2n) is 3.03. The van der Waals surface area contributed by atoms with Crippen LogP contribution in [0.3, 0.4) is 0 Å². The molecule has 1 aromatic heterocycles. The molecule has 0 saturated heterocycles. The van der Waals surface area contributed by atoms with Crippen molar-refractivity contribution in [2.75, 3.05) is 11.9 Å². The lowest BCUT2D eigenvalue weighted by Gasteiger charge is -2.06. The van der Waals surface area contributed by atoms with Crippen molar-refractivity contribution in [3.63, 3.8) is 0 Å². The fourth-order valence-corrected chi connectivity index (χ4v) is 1.11. The zero-order valence-electron chi connectivity index (χ0n) is 8.17. The van der Waals surface area contributed by atoms with Crippen LogP contribution in [0.25, 0.3) is 0 Å². The minimum atomic E-state index is 0.0624. The quantitative estimate of drug-likeness (QED) is 0.741. The molecule has 0 atom stereocenters. The topological polar surface area (TPSA) is 45.1 Å². The van der Waals surface area contributed by atoms with E-state index in [-0.39, 0.29) is 6.61 Å². The summed E-state index contributed by atoms with van der Waals surface area (Å²) in [4.78, 5) is 4.31. The summed E-state index contributed by atoms with van der Waals surface area (Å²) in [6.07, 6.45) is 1.09. The minimum Gasteiger partial charge on any atom is -0.392 e. The van der Waals surface area contributed by atoms with Gasteiger partial charge in [-0.15, -0.1) is 0 Å². The van der Waals surface area contributed by atoms with Crippen molar-refractivity contribution < 1.29 is 5.11 Å². The average Bonchev–Trinajstić information content (AvgIpc) is 2.15. The number of rotatable bonds is 4. The summed E-state index contributed by atoms with van der Waals surface area (Å²) in [5.74, 6) is 0.886. The molecule has 2 N–H and O–H groups in total. The number of aliphatic hydroxyl groups is 1. The Bertz CT molecular complexity index is 274. The Morgan fingerprint density at radius 1 is 1.46 bits per heavy atom. The third-order valence-corrected chi connectivity index (χ3v) is 1.92. The molecular formula is C10H16N2O. The summed E-state index contributed by atoms with van der Waals surface area (Å²) in [7, 11) is 0. The van der Waals surface area contributed by atoms with Gasteiger partial charge in [0.2, 0.25) is 0 Å². The SMILES string of the molecule is CCCNc1ccc(CO)c(C)n1. The monoisotopic (exact) mass is 180 g/mol. The third kappa shape index (κ3) is 2.70. The normalized spacial score (nSPS) is 10.1. The Labute approximate surface area is 78.8 Å². The van der Waals surface area contributed by atoms with Crippen LogP contribution < -0.4 is 5.32 Å². The Morgan fingerprint density at radius 2 is 2.23 bits per heavy atom. The van der Waals surface area contributed by atoms with E-state index in [0.29, 0.717) is 0 Å². The molecule has 0 aromatic carbocycles. The predicted octanol–water partition coefficient (Wildman–Crippen LogP) is 1.70. The molecule has 1 aromatic rings. The number of aromatic nitrogens is 1. The van der Waals surface area contributed by atoms with Gasteiger partial charge in [0, 0.05) is 12.2 Å². The van der Waals surface area contributed by atoms with Crippen LogP contribution in [0, 0.1) is 6.92 Å². The van der Waals surface area contributed by atoms with Gasteiger partial charge < -0.3 is 10.4 Å². The Morgan fingerprint density at radius 3 is 2.77 bits per heavy atom. The molecule has 1 rings (SSSR count). The van der Waals surface area contributed by atoms with E-state index in [2.05, 4.69) is 17.2 Å². The lowest BCUT2D eigenvalue weighted by Crippen LogP contribution is -2.03. The molecule has 0 saturated carbocycles. The number of aryl methyl sites for hydroxylation is 1. The van der Waals surface area contributed by atoms with E-state index in [1.54, 1.807) is 0 Å². The van der Waals surface area contributed by atoms with Gasteiger partial charge in [-0.3, -0.25) is 0 Å². The smallest absolute Gasteiger partial charge is 0.126 e. The summed E-state index contributed by atoms with van der Waals surface area (Å²) < 4.78 is 0. The molecule has 0 spiro atoms. The van der Waals surface area contributed by atoms with Crippen molar-refractivity contribution in [1.82, 2.24) is 4.98 Å². The van der Waals surface area contributed by atoms with Gasteiger partial charge in [0.15, 0.2) is 0 Å². The van der Waals surface area contributed by atoms with E-state index >= 15 is 0 Å². The number of aliphatic hydroxyl groups excluding tert-OH is 1. The van der Waals surface area contributed by atoms with Crippen LogP contribution in [0.15, 0.2) is 12.1 Å². The summed E-state index contributed by atoms with van der Waals surface area (Å²) in [6.45, 7) is 5.02. The van der Waals surface area contributed by atoms with Gasteiger partial charge in [-0.1, -0.05) is 13.0 Å². The maximum atomic E-state index is 8.92. The third-order valence-electron chi connectivity index (χ3n) is 1.92. The fourth-order valence-electron chi connectivity index (χ4n) is 1.11. The molecule has 3 nitrogen and oxygen atoms in total. The molecule has 0 bridgehead atoms. The molecule has 1 heterocycles. The standard InChI is InChI=1S/C10H16N2O/c1-3-6-11-10-5-4-9(7-13)8(2)12-10/h4-5,13H,3,6-7H2,1-2H3,(H,11,12). The highest BCUT2D eigenvalue weighted by molar-refractivity contribution is 5.38. The van der Waals surface area contributed by atoms with Crippen LogP contribution in [0.1, 0.15) is 24.6 Å². The Balaban J connectivity index is 2.71. The highest BCUT2D eigenvalue weighted by Crippen LogP contribution is 2.09. The first kappa shape index (κ1) is 9.99. The van der Waals surface area contributed by atoms with E-state index in [1.807, 2.05) is 19.1 Å². The first-order valence-electron chi connectivity index (χ1n) is 4.59. The van der Waals surface area contributed by atoms with Gasteiger partial charge in [-0.05, 0) is 25.0 Å². The van der Waals surface area contributed by atoms with Gasteiger partial charge in [0.1, 0.15) is 5.82 Å². The lowest BCUT2D eigenvalue weighted by molar-refractivity contribution is 0.280. The van der Waals surface area contributed by atoms with Crippen LogP contribution in [0.4, 0.5) is 5.82 Å². The molecule has 13 heavy (non-hydrogen) atoms. The van der Waals surface area contributed by atoms with Crippen LogP contribution in [-0.4, -0.2) is 16.6 Å². The van der Waals surface area contributed by atoms with Crippen molar-refractivity contribution in [2.24, 2.45) is 0 Å². The summed E-state index contributed by atoms with van der Waals surface area (Å²) in [5.41, 5.74) is 1.78. The van der Waals surface area contributed by atoms with Crippen LogP contribution >= 0.6 is 0 Å². The highest BCUT2D eigenvalue weighted by Gasteiger charge is 1.99. The number of hydrogen-bond acceptors (Lipinski definition) is 3. The van der Waals surface area contributed by atoms with Gasteiger partial charge >= 0.3 is 0 Å². The van der Waals surface area contributed by atoms with Crippen LogP contribution in [0.2, 0.25) is 0 Å². The van der Waals surface area contributed by atoms with Crippen LogP contribution in [0.5, 0.6) is 0 Å². The predicted molar refractivity (Wildman–Crippen MR) is 53.7 cm³/mol. The van der Waals surface area contributed by atoms with Crippen molar-refractivity contribution in [2.45, 2.75) is 26.9 Å². The average molecular weight is 180 g/mol. The molecule has 72 valence electrons. The molecule has 0 radical (unpaired) electrons. The largest absolute Gasteiger partial charge is 0.392 e. The number of pyridine rings is 1. The first-order chi connectivity index (χ1) is 6.27. The Kier molecular flexibility index (Phi) is 3.71. The van der Waals surface area contributed by atoms with Crippen molar-refractivity contribution in [3.05, 3.63) is 23.4 Å². The molecule has 0 aliphatic heterocycles. The van der Waals surface area contributed by atoms with Gasteiger partial charge in [-0.2, -0.15) is 0 Å². The zero-order chi connectivity index (χ0) is 9.68. The molecule has 0 aliphatic carbocycles. The van der Waals surface area contributed by atoms with E-state index in [0.717, 1.165) is 30.0 Å². The van der Waals surface area contributed by atoms with Crippen molar-refractivity contribution >= 4 is 5.82 Å². The van der Waals surface area contributed by atoms with E-state index in [9.17, 15) is 0 Å². The first-order valence-corrected chi connectivity index (χ1v) is 4.59. The maximum Gasteiger partial charge on any atom is 0.126 e. The minimum absolute atomic E-state index is 0.0624. The van der Waals surface area contributed by atoms with Crippen LogP contribution in [-0.2, 0) is 6.61 Å². The molecule has 0 amide bonds. The van der Waals surface area contributed by atoms with Crippen molar-refractivity contribution in [1.29, 1.82) is 0 Å². The molecular weight excluding hydrogens is 164 g/mol. The van der Waals surface area contributed by atoms with Gasteiger partial charge in [0.05, 0.1) is 6.61 Å². The molecule has 0 unspecified atom stereocenters. The summed E-state index contributed by atoms with van der Waals surface area (Å²) >= 11 is 0. The summed E-state index contributed by atoms with van der Waals surface area (Å²) in [6, 6.07) is 3.80. The van der Waals surface area contributed by atoms with Gasteiger partial charge in [0.25, 0.3) is 0 Å². The molecule has 0 aliphatic rings. The van der Waals surface area contributed by atoms with E-state index in [4.69, 9.17) is 5.11 Å². The summed E-state index contributed by atoms with van der Waals surface area (Å²) in [5, 5.41) is 12.1. The number of nitrogens with one attached hydrogen (secondary N) is 1. The van der Waals surface area contributed by atoms with E-state index in [1.165, 1.54) is 0 Å².